The summed E-state index contributed by atoms with van der Waals surface area (Å²) in [5, 5.41) is 3.60. The van der Waals surface area contributed by atoms with E-state index in [0.717, 1.165) is 31.6 Å². The minimum atomic E-state index is 0.759. The van der Waals surface area contributed by atoms with Crippen molar-refractivity contribution >= 4 is 0 Å². The van der Waals surface area contributed by atoms with Gasteiger partial charge in [-0.1, -0.05) is 6.92 Å². The molecule has 3 nitrogen and oxygen atoms in total. The molecule has 0 aromatic carbocycles. The number of nitrogens with one attached hydrogen (secondary N) is 1. The van der Waals surface area contributed by atoms with Gasteiger partial charge in [0.15, 0.2) is 0 Å². The van der Waals surface area contributed by atoms with Gasteiger partial charge in [-0.25, -0.2) is 0 Å². The van der Waals surface area contributed by atoms with E-state index in [1.165, 1.54) is 58.3 Å². The van der Waals surface area contributed by atoms with E-state index in [-0.39, 0.29) is 0 Å². The molecule has 3 heteroatoms. The highest BCUT2D eigenvalue weighted by molar-refractivity contribution is 4.70. The largest absolute Gasteiger partial charge is 0.381 e. The first-order valence-corrected chi connectivity index (χ1v) is 7.85. The molecule has 0 aliphatic carbocycles. The third-order valence-corrected chi connectivity index (χ3v) is 4.39. The molecule has 2 heterocycles. The molecule has 2 fully saturated rings. The van der Waals surface area contributed by atoms with Gasteiger partial charge in [0, 0.05) is 13.2 Å². The molecule has 18 heavy (non-hydrogen) atoms. The van der Waals surface area contributed by atoms with E-state index < -0.39 is 0 Å². The van der Waals surface area contributed by atoms with Crippen LogP contribution in [0.4, 0.5) is 0 Å². The van der Waals surface area contributed by atoms with Crippen LogP contribution in [-0.4, -0.2) is 50.8 Å². The monoisotopic (exact) mass is 254 g/mol. The van der Waals surface area contributed by atoms with Crippen LogP contribution in [0.15, 0.2) is 0 Å². The van der Waals surface area contributed by atoms with Gasteiger partial charge >= 0.3 is 0 Å². The van der Waals surface area contributed by atoms with Gasteiger partial charge in [0.1, 0.15) is 0 Å². The second kappa shape index (κ2) is 8.13. The molecule has 0 aromatic heterocycles. The Morgan fingerprint density at radius 2 is 2.06 bits per heavy atom. The van der Waals surface area contributed by atoms with Gasteiger partial charge in [0.2, 0.25) is 0 Å². The molecule has 2 rings (SSSR count). The second-order valence-corrected chi connectivity index (χ2v) is 6.17. The molecule has 2 saturated heterocycles. The molecule has 106 valence electrons. The average molecular weight is 254 g/mol. The third kappa shape index (κ3) is 5.25. The number of likely N-dealkylation sites (tertiary alicyclic amines) is 1. The molecular formula is C15H30N2O. The Balaban J connectivity index is 1.43. The highest BCUT2D eigenvalue weighted by Gasteiger charge is 2.15. The van der Waals surface area contributed by atoms with E-state index in [9.17, 15) is 0 Å². The van der Waals surface area contributed by atoms with Gasteiger partial charge in [-0.15, -0.1) is 0 Å². The van der Waals surface area contributed by atoms with Crippen LogP contribution in [0.25, 0.3) is 0 Å². The molecule has 2 aliphatic rings. The lowest BCUT2D eigenvalue weighted by molar-refractivity contribution is 0.0548. The zero-order valence-corrected chi connectivity index (χ0v) is 12.0. The van der Waals surface area contributed by atoms with Crippen molar-refractivity contribution in [2.24, 2.45) is 11.8 Å². The molecule has 2 aliphatic heterocycles. The fraction of sp³-hybridized carbons (Fsp3) is 1.00. The fourth-order valence-electron chi connectivity index (χ4n) is 2.99. The highest BCUT2D eigenvalue weighted by atomic mass is 16.5. The Kier molecular flexibility index (Phi) is 6.46. The lowest BCUT2D eigenvalue weighted by atomic mass is 9.99. The van der Waals surface area contributed by atoms with Crippen LogP contribution in [0, 0.1) is 11.8 Å². The molecule has 1 atom stereocenters. The maximum atomic E-state index is 5.50. The summed E-state index contributed by atoms with van der Waals surface area (Å²) in [4.78, 5) is 2.63. The van der Waals surface area contributed by atoms with Crippen LogP contribution in [0.5, 0.6) is 0 Å². The van der Waals surface area contributed by atoms with Crippen LogP contribution in [0.1, 0.15) is 39.0 Å². The molecule has 0 amide bonds. The summed E-state index contributed by atoms with van der Waals surface area (Å²) in [6, 6.07) is 0. The number of hydrogen-bond acceptors (Lipinski definition) is 3. The first-order valence-electron chi connectivity index (χ1n) is 7.85. The molecule has 1 unspecified atom stereocenters. The molecule has 0 radical (unpaired) electrons. The van der Waals surface area contributed by atoms with Crippen molar-refractivity contribution in [2.75, 3.05) is 45.9 Å². The van der Waals surface area contributed by atoms with Crippen molar-refractivity contribution in [1.29, 1.82) is 0 Å². The van der Waals surface area contributed by atoms with E-state index in [4.69, 9.17) is 4.74 Å². The first-order chi connectivity index (χ1) is 8.84. The summed E-state index contributed by atoms with van der Waals surface area (Å²) >= 11 is 0. The lowest BCUT2D eigenvalue weighted by Gasteiger charge is -2.30. The van der Waals surface area contributed by atoms with Gasteiger partial charge < -0.3 is 15.0 Å². The number of rotatable bonds is 6. The van der Waals surface area contributed by atoms with Crippen LogP contribution < -0.4 is 5.32 Å². The van der Waals surface area contributed by atoms with E-state index in [1.807, 2.05) is 0 Å². The Labute approximate surface area is 112 Å². The third-order valence-electron chi connectivity index (χ3n) is 4.39. The van der Waals surface area contributed by atoms with Gasteiger partial charge in [-0.2, -0.15) is 0 Å². The second-order valence-electron chi connectivity index (χ2n) is 6.17. The smallest absolute Gasteiger partial charge is 0.0506 e. The molecule has 0 saturated carbocycles. The minimum absolute atomic E-state index is 0.759. The summed E-state index contributed by atoms with van der Waals surface area (Å²) in [6.45, 7) is 10.6. The Morgan fingerprint density at radius 1 is 1.22 bits per heavy atom. The van der Waals surface area contributed by atoms with Crippen molar-refractivity contribution < 1.29 is 4.74 Å². The fourth-order valence-corrected chi connectivity index (χ4v) is 2.99. The van der Waals surface area contributed by atoms with Crippen molar-refractivity contribution in [3.8, 4) is 0 Å². The van der Waals surface area contributed by atoms with Crippen LogP contribution in [0.2, 0.25) is 0 Å². The molecular weight excluding hydrogens is 224 g/mol. The number of ether oxygens (including phenoxy) is 1. The van der Waals surface area contributed by atoms with Gasteiger partial charge in [-0.05, 0) is 70.1 Å². The first kappa shape index (κ1) is 14.3. The lowest BCUT2D eigenvalue weighted by Crippen LogP contribution is -2.35. The average Bonchev–Trinajstić information content (AvgIpc) is 2.42. The van der Waals surface area contributed by atoms with E-state index in [1.54, 1.807) is 0 Å². The maximum absolute atomic E-state index is 5.50. The predicted octanol–water partition coefficient (Wildman–Crippen LogP) is 2.12. The van der Waals surface area contributed by atoms with Crippen molar-refractivity contribution in [2.45, 2.75) is 39.0 Å². The number of piperidine rings is 1. The topological polar surface area (TPSA) is 24.5 Å². The van der Waals surface area contributed by atoms with E-state index in [0.29, 0.717) is 0 Å². The normalized spacial score (nSPS) is 27.5. The quantitative estimate of drug-likeness (QED) is 0.735. The zero-order valence-electron chi connectivity index (χ0n) is 12.0. The summed E-state index contributed by atoms with van der Waals surface area (Å²) in [5.41, 5.74) is 0. The maximum Gasteiger partial charge on any atom is 0.0506 e. The Bertz CT molecular complexity index is 209. The SMILES string of the molecule is CC1CCN(CCCNCC2CCCOC2)CC1. The summed E-state index contributed by atoms with van der Waals surface area (Å²) < 4.78 is 5.50. The van der Waals surface area contributed by atoms with Gasteiger partial charge in [0.25, 0.3) is 0 Å². The predicted molar refractivity (Wildman–Crippen MR) is 75.9 cm³/mol. The Morgan fingerprint density at radius 3 is 2.78 bits per heavy atom. The highest BCUT2D eigenvalue weighted by Crippen LogP contribution is 2.15. The minimum Gasteiger partial charge on any atom is -0.381 e. The van der Waals surface area contributed by atoms with E-state index in [2.05, 4.69) is 17.1 Å². The van der Waals surface area contributed by atoms with E-state index >= 15 is 0 Å². The number of hydrogen-bond donors (Lipinski definition) is 1. The van der Waals surface area contributed by atoms with Crippen molar-refractivity contribution in [3.05, 3.63) is 0 Å². The zero-order chi connectivity index (χ0) is 12.6. The van der Waals surface area contributed by atoms with Crippen molar-refractivity contribution in [1.82, 2.24) is 10.2 Å². The van der Waals surface area contributed by atoms with Crippen LogP contribution in [-0.2, 0) is 4.74 Å². The molecule has 0 bridgehead atoms. The van der Waals surface area contributed by atoms with Gasteiger partial charge in [-0.3, -0.25) is 0 Å². The summed E-state index contributed by atoms with van der Waals surface area (Å²) in [7, 11) is 0. The molecule has 1 N–H and O–H groups in total. The van der Waals surface area contributed by atoms with Crippen LogP contribution >= 0.6 is 0 Å². The molecule has 0 aromatic rings. The summed E-state index contributed by atoms with van der Waals surface area (Å²) in [6.07, 6.45) is 6.68. The number of nitrogens with zero attached hydrogens (tertiary/aromatic N) is 1. The van der Waals surface area contributed by atoms with Crippen LogP contribution in [0.3, 0.4) is 0 Å². The van der Waals surface area contributed by atoms with Crippen molar-refractivity contribution in [3.63, 3.8) is 0 Å². The van der Waals surface area contributed by atoms with Gasteiger partial charge in [0.05, 0.1) is 6.61 Å². The Hall–Kier alpha value is -0.120. The summed E-state index contributed by atoms with van der Waals surface area (Å²) in [5.74, 6) is 1.71. The standard InChI is InChI=1S/C15H30N2O/c1-14-5-9-17(10-6-14)8-3-7-16-12-15-4-2-11-18-13-15/h14-16H,2-13H2,1H3. The molecule has 0 spiro atoms.